The summed E-state index contributed by atoms with van der Waals surface area (Å²) in [5.41, 5.74) is 0.567. The quantitative estimate of drug-likeness (QED) is 0.862. The van der Waals surface area contributed by atoms with E-state index in [-0.39, 0.29) is 0 Å². The lowest BCUT2D eigenvalue weighted by molar-refractivity contribution is -0.137. The molecule has 26 heavy (non-hydrogen) atoms. The van der Waals surface area contributed by atoms with Gasteiger partial charge in [0.1, 0.15) is 5.82 Å². The summed E-state index contributed by atoms with van der Waals surface area (Å²) in [4.78, 5) is 6.96. The minimum absolute atomic E-state index is 0.379. The number of nitrogens with one attached hydrogen (secondary N) is 1. The van der Waals surface area contributed by atoms with Crippen molar-refractivity contribution in [2.24, 2.45) is 5.92 Å². The third-order valence-electron chi connectivity index (χ3n) is 5.78. The molecule has 3 aliphatic rings. The molecule has 3 aliphatic heterocycles. The number of piperidine rings is 3. The number of hydrogen-bond donors (Lipinski definition) is 1. The Labute approximate surface area is 151 Å². The third-order valence-corrected chi connectivity index (χ3v) is 5.78. The number of alkyl halides is 3. The molecule has 3 fully saturated rings. The Kier molecular flexibility index (Phi) is 4.39. The lowest BCUT2D eigenvalue weighted by atomic mass is 9.79. The zero-order chi connectivity index (χ0) is 18.3. The van der Waals surface area contributed by atoms with Gasteiger partial charge in [-0.15, -0.1) is 0 Å². The highest BCUT2D eigenvalue weighted by atomic mass is 19.4. The van der Waals surface area contributed by atoms with Crippen molar-refractivity contribution in [1.29, 1.82) is 0 Å². The number of benzene rings is 1. The minimum Gasteiger partial charge on any atom is -0.365 e. The molecule has 0 radical (unpaired) electrons. The van der Waals surface area contributed by atoms with Crippen LogP contribution in [0.2, 0.25) is 0 Å². The van der Waals surface area contributed by atoms with Crippen LogP contribution >= 0.6 is 0 Å². The maximum Gasteiger partial charge on any atom is 0.416 e. The van der Waals surface area contributed by atoms with Crippen LogP contribution in [0.5, 0.6) is 0 Å². The van der Waals surface area contributed by atoms with E-state index >= 15 is 0 Å². The smallest absolute Gasteiger partial charge is 0.365 e. The van der Waals surface area contributed by atoms with Crippen molar-refractivity contribution in [3.63, 3.8) is 0 Å². The summed E-state index contributed by atoms with van der Waals surface area (Å²) in [5, 5.41) is 3.54. The van der Waals surface area contributed by atoms with Gasteiger partial charge < -0.3 is 5.32 Å². The molecule has 5 rings (SSSR count). The molecule has 6 heteroatoms. The summed E-state index contributed by atoms with van der Waals surface area (Å²) in [6.07, 6.45) is -0.269. The molecule has 4 heterocycles. The van der Waals surface area contributed by atoms with Crippen molar-refractivity contribution < 1.29 is 13.2 Å². The van der Waals surface area contributed by atoms with E-state index in [4.69, 9.17) is 0 Å². The van der Waals surface area contributed by atoms with Crippen molar-refractivity contribution in [3.8, 4) is 11.1 Å². The Morgan fingerprint density at radius 1 is 1.08 bits per heavy atom. The third kappa shape index (κ3) is 3.30. The van der Waals surface area contributed by atoms with Gasteiger partial charge in [-0.2, -0.15) is 13.2 Å². The van der Waals surface area contributed by atoms with Crippen LogP contribution in [0.15, 0.2) is 42.6 Å². The second kappa shape index (κ2) is 6.58. The summed E-state index contributed by atoms with van der Waals surface area (Å²) in [7, 11) is 0. The predicted octanol–water partition coefficient (Wildman–Crippen LogP) is 4.66. The molecule has 1 N–H and O–H groups in total. The second-order valence-corrected chi connectivity index (χ2v) is 7.29. The zero-order valence-electron chi connectivity index (χ0n) is 14.6. The molecular weight excluding hydrogens is 339 g/mol. The van der Waals surface area contributed by atoms with Gasteiger partial charge in [-0.25, -0.2) is 4.98 Å². The first-order valence-corrected chi connectivity index (χ1v) is 9.06. The topological polar surface area (TPSA) is 28.2 Å². The van der Waals surface area contributed by atoms with Crippen molar-refractivity contribution >= 4 is 5.82 Å². The van der Waals surface area contributed by atoms with E-state index in [1.165, 1.54) is 38.1 Å². The fourth-order valence-corrected chi connectivity index (χ4v) is 4.24. The van der Waals surface area contributed by atoms with Gasteiger partial charge in [0.05, 0.1) is 5.56 Å². The van der Waals surface area contributed by atoms with Gasteiger partial charge in [-0.3, -0.25) is 4.90 Å². The number of rotatable bonds is 3. The maximum absolute atomic E-state index is 12.9. The molecule has 2 unspecified atom stereocenters. The Morgan fingerprint density at radius 3 is 2.46 bits per heavy atom. The monoisotopic (exact) mass is 361 g/mol. The van der Waals surface area contributed by atoms with Crippen LogP contribution in [-0.4, -0.2) is 35.1 Å². The highest BCUT2D eigenvalue weighted by molar-refractivity contribution is 5.64. The summed E-state index contributed by atoms with van der Waals surface area (Å²) in [5.74, 6) is 1.45. The van der Waals surface area contributed by atoms with Gasteiger partial charge in [0.25, 0.3) is 0 Å². The van der Waals surface area contributed by atoms with Crippen LogP contribution < -0.4 is 5.32 Å². The largest absolute Gasteiger partial charge is 0.416 e. The summed E-state index contributed by atoms with van der Waals surface area (Å²) in [6, 6.07) is 9.91. The normalized spacial score (nSPS) is 28.2. The van der Waals surface area contributed by atoms with E-state index in [1.54, 1.807) is 12.3 Å². The number of fused-ring (bicyclic) bond motifs is 3. The van der Waals surface area contributed by atoms with E-state index in [0.29, 0.717) is 29.1 Å². The number of pyridine rings is 1. The standard InChI is InChI=1S/C20H22F3N3/c1-13-19(14-7-9-26(13)10-8-14)25-18-6-5-16(12-24-18)15-3-2-4-17(11-15)20(21,22)23/h2-6,11-14,19H,7-10H2,1H3,(H,24,25). The Morgan fingerprint density at radius 2 is 1.85 bits per heavy atom. The van der Waals surface area contributed by atoms with Gasteiger partial charge in [0, 0.05) is 23.8 Å². The van der Waals surface area contributed by atoms with E-state index in [2.05, 4.69) is 22.1 Å². The molecule has 1 aromatic heterocycles. The summed E-state index contributed by atoms with van der Waals surface area (Å²) in [6.45, 7) is 4.60. The predicted molar refractivity (Wildman–Crippen MR) is 95.8 cm³/mol. The van der Waals surface area contributed by atoms with Crippen LogP contribution in [0, 0.1) is 5.92 Å². The fourth-order valence-electron chi connectivity index (χ4n) is 4.24. The molecule has 0 aliphatic carbocycles. The van der Waals surface area contributed by atoms with Gasteiger partial charge in [0.2, 0.25) is 0 Å². The molecule has 3 saturated heterocycles. The molecule has 0 saturated carbocycles. The highest BCUT2D eigenvalue weighted by Gasteiger charge is 2.39. The molecule has 0 spiro atoms. The highest BCUT2D eigenvalue weighted by Crippen LogP contribution is 2.34. The lowest BCUT2D eigenvalue weighted by Gasteiger charge is -2.50. The summed E-state index contributed by atoms with van der Waals surface area (Å²) < 4.78 is 38.7. The first kappa shape index (κ1) is 17.3. The van der Waals surface area contributed by atoms with E-state index in [1.807, 2.05) is 12.1 Å². The molecule has 1 aromatic carbocycles. The molecule has 0 amide bonds. The average Bonchev–Trinajstić information content (AvgIpc) is 2.65. The van der Waals surface area contributed by atoms with Gasteiger partial charge in [-0.1, -0.05) is 12.1 Å². The van der Waals surface area contributed by atoms with Gasteiger partial charge in [-0.05, 0) is 68.6 Å². The maximum atomic E-state index is 12.9. The van der Waals surface area contributed by atoms with Crippen molar-refractivity contribution in [2.45, 2.75) is 38.0 Å². The minimum atomic E-state index is -4.34. The van der Waals surface area contributed by atoms with Crippen LogP contribution in [0.3, 0.4) is 0 Å². The number of nitrogens with zero attached hydrogens (tertiary/aromatic N) is 2. The first-order chi connectivity index (χ1) is 12.4. The average molecular weight is 361 g/mol. The number of halogens is 3. The van der Waals surface area contributed by atoms with E-state index < -0.39 is 11.7 Å². The molecule has 2 aromatic rings. The molecule has 2 atom stereocenters. The van der Waals surface area contributed by atoms with Gasteiger partial charge in [0.15, 0.2) is 0 Å². The molecule has 2 bridgehead atoms. The van der Waals surface area contributed by atoms with Gasteiger partial charge >= 0.3 is 6.18 Å². The SMILES string of the molecule is CC1C(Nc2ccc(-c3cccc(C(F)(F)F)c3)cn2)C2CCN1CC2. The zero-order valence-corrected chi connectivity index (χ0v) is 14.6. The Balaban J connectivity index is 1.51. The van der Waals surface area contributed by atoms with Crippen LogP contribution in [0.1, 0.15) is 25.3 Å². The first-order valence-electron chi connectivity index (χ1n) is 9.06. The van der Waals surface area contributed by atoms with Crippen LogP contribution in [0.25, 0.3) is 11.1 Å². The van der Waals surface area contributed by atoms with E-state index in [9.17, 15) is 13.2 Å². The van der Waals surface area contributed by atoms with Crippen molar-refractivity contribution in [2.75, 3.05) is 18.4 Å². The molecular formula is C20H22F3N3. The molecule has 3 nitrogen and oxygen atoms in total. The van der Waals surface area contributed by atoms with Crippen molar-refractivity contribution in [1.82, 2.24) is 9.88 Å². The van der Waals surface area contributed by atoms with Crippen LogP contribution in [0.4, 0.5) is 19.0 Å². The van der Waals surface area contributed by atoms with E-state index in [0.717, 1.165) is 11.9 Å². The Hall–Kier alpha value is -2.08. The van der Waals surface area contributed by atoms with Crippen molar-refractivity contribution in [3.05, 3.63) is 48.2 Å². The molecule has 138 valence electrons. The number of aromatic nitrogens is 1. The number of hydrogen-bond acceptors (Lipinski definition) is 3. The summed E-state index contributed by atoms with van der Waals surface area (Å²) >= 11 is 0. The number of anilines is 1. The lowest BCUT2D eigenvalue weighted by Crippen LogP contribution is -2.59. The second-order valence-electron chi connectivity index (χ2n) is 7.29. The fraction of sp³-hybridized carbons (Fsp3) is 0.450. The Bertz CT molecular complexity index is 763. The van der Waals surface area contributed by atoms with Crippen LogP contribution in [-0.2, 0) is 6.18 Å².